The summed E-state index contributed by atoms with van der Waals surface area (Å²) in [5.74, 6) is -0.774. The van der Waals surface area contributed by atoms with Gasteiger partial charge in [0, 0.05) is 37.8 Å². The second-order valence-electron chi connectivity index (χ2n) is 6.67. The summed E-state index contributed by atoms with van der Waals surface area (Å²) in [6, 6.07) is 4.21. The van der Waals surface area contributed by atoms with E-state index in [-0.39, 0.29) is 11.9 Å². The van der Waals surface area contributed by atoms with Crippen molar-refractivity contribution in [1.82, 2.24) is 14.9 Å². The number of hydrogen-bond acceptors (Lipinski definition) is 6. The molecule has 4 heterocycles. The van der Waals surface area contributed by atoms with E-state index in [1.54, 1.807) is 6.20 Å². The van der Waals surface area contributed by atoms with Gasteiger partial charge in [-0.25, -0.2) is 0 Å². The van der Waals surface area contributed by atoms with Gasteiger partial charge in [0.25, 0.3) is 0 Å². The van der Waals surface area contributed by atoms with Crippen LogP contribution in [0.15, 0.2) is 18.3 Å². The van der Waals surface area contributed by atoms with Crippen molar-refractivity contribution >= 4 is 22.4 Å². The van der Waals surface area contributed by atoms with Crippen molar-refractivity contribution in [2.24, 2.45) is 0 Å². The maximum Gasteiger partial charge on any atom is 0.230 e. The third-order valence-electron chi connectivity index (χ3n) is 4.81. The SMILES string of the molecule is CC(=O)Nc1nc(F)c(CN2CC3(C[C@@H]2C)OCc2cccnc23)s1. The molecule has 0 radical (unpaired) electrons. The molecule has 6 nitrogen and oxygen atoms in total. The quantitative estimate of drug-likeness (QED) is 0.909. The lowest BCUT2D eigenvalue weighted by Gasteiger charge is -2.23. The lowest BCUT2D eigenvalue weighted by Crippen LogP contribution is -2.31. The first-order valence-electron chi connectivity index (χ1n) is 8.22. The van der Waals surface area contributed by atoms with Crippen LogP contribution in [0.3, 0.4) is 0 Å². The van der Waals surface area contributed by atoms with E-state index in [9.17, 15) is 9.18 Å². The third-order valence-corrected chi connectivity index (χ3v) is 5.74. The van der Waals surface area contributed by atoms with E-state index in [4.69, 9.17) is 4.74 Å². The zero-order valence-corrected chi connectivity index (χ0v) is 14.9. The van der Waals surface area contributed by atoms with E-state index in [0.717, 1.165) is 17.7 Å². The number of nitrogens with one attached hydrogen (secondary N) is 1. The van der Waals surface area contributed by atoms with Gasteiger partial charge in [0.1, 0.15) is 5.60 Å². The maximum atomic E-state index is 14.1. The highest BCUT2D eigenvalue weighted by Crippen LogP contribution is 2.45. The van der Waals surface area contributed by atoms with E-state index >= 15 is 0 Å². The second kappa shape index (κ2) is 6.12. The van der Waals surface area contributed by atoms with Crippen molar-refractivity contribution in [2.75, 3.05) is 11.9 Å². The van der Waals surface area contributed by atoms with E-state index in [2.05, 4.69) is 27.1 Å². The van der Waals surface area contributed by atoms with E-state index in [1.807, 2.05) is 12.1 Å². The van der Waals surface area contributed by atoms with Crippen LogP contribution in [0.1, 0.15) is 36.4 Å². The maximum absolute atomic E-state index is 14.1. The van der Waals surface area contributed by atoms with Gasteiger partial charge in [0.2, 0.25) is 11.9 Å². The minimum absolute atomic E-state index is 0.235. The molecule has 0 bridgehead atoms. The first kappa shape index (κ1) is 16.6. The fraction of sp³-hybridized carbons (Fsp3) is 0.471. The molecular formula is C17H19FN4O2S. The predicted molar refractivity (Wildman–Crippen MR) is 91.6 cm³/mol. The van der Waals surface area contributed by atoms with Crippen LogP contribution in [0.5, 0.6) is 0 Å². The Morgan fingerprint density at radius 1 is 1.60 bits per heavy atom. The number of carbonyl (C=O) groups is 1. The van der Waals surface area contributed by atoms with Gasteiger partial charge in [-0.15, -0.1) is 0 Å². The molecule has 2 aliphatic heterocycles. The van der Waals surface area contributed by atoms with Crippen LogP contribution < -0.4 is 5.32 Å². The minimum Gasteiger partial charge on any atom is -0.363 e. The number of fused-ring (bicyclic) bond motifs is 2. The van der Waals surface area contributed by atoms with E-state index in [1.165, 1.54) is 18.3 Å². The van der Waals surface area contributed by atoms with Gasteiger partial charge >= 0.3 is 0 Å². The topological polar surface area (TPSA) is 67.4 Å². The highest BCUT2D eigenvalue weighted by molar-refractivity contribution is 7.15. The number of likely N-dealkylation sites (tertiary alicyclic amines) is 1. The Morgan fingerprint density at radius 2 is 2.44 bits per heavy atom. The van der Waals surface area contributed by atoms with Crippen molar-refractivity contribution in [3.05, 3.63) is 40.4 Å². The van der Waals surface area contributed by atoms with Gasteiger partial charge < -0.3 is 10.1 Å². The molecule has 1 fully saturated rings. The van der Waals surface area contributed by atoms with Crippen molar-refractivity contribution in [2.45, 2.75) is 45.1 Å². The average Bonchev–Trinajstić information content (AvgIpc) is 3.18. The molecule has 1 spiro atoms. The number of nitrogens with zero attached hydrogens (tertiary/aromatic N) is 3. The third kappa shape index (κ3) is 2.94. The molecule has 4 rings (SSSR count). The van der Waals surface area contributed by atoms with Crippen molar-refractivity contribution < 1.29 is 13.9 Å². The zero-order chi connectivity index (χ0) is 17.6. The van der Waals surface area contributed by atoms with Crippen LogP contribution in [-0.2, 0) is 28.3 Å². The monoisotopic (exact) mass is 362 g/mol. The fourth-order valence-corrected chi connectivity index (χ4v) is 4.63. The second-order valence-corrected chi connectivity index (χ2v) is 7.75. The Balaban J connectivity index is 1.54. The van der Waals surface area contributed by atoms with Gasteiger partial charge in [-0.05, 0) is 19.4 Å². The Hall–Kier alpha value is -1.90. The summed E-state index contributed by atoms with van der Waals surface area (Å²) in [6.07, 6.45) is 2.63. The fourth-order valence-electron chi connectivity index (χ4n) is 3.71. The van der Waals surface area contributed by atoms with Crippen LogP contribution >= 0.6 is 11.3 Å². The minimum atomic E-state index is -0.521. The molecule has 1 saturated heterocycles. The van der Waals surface area contributed by atoms with Crippen molar-refractivity contribution in [3.63, 3.8) is 0 Å². The summed E-state index contributed by atoms with van der Waals surface area (Å²) >= 11 is 1.18. The van der Waals surface area contributed by atoms with Gasteiger partial charge in [-0.1, -0.05) is 17.4 Å². The molecule has 2 atom stereocenters. The Kier molecular flexibility index (Phi) is 4.05. The number of anilines is 1. The molecule has 2 aliphatic rings. The Bertz CT molecular complexity index is 827. The number of carbonyl (C=O) groups excluding carboxylic acids is 1. The zero-order valence-electron chi connectivity index (χ0n) is 14.1. The van der Waals surface area contributed by atoms with Crippen molar-refractivity contribution in [1.29, 1.82) is 0 Å². The molecule has 0 aliphatic carbocycles. The number of aromatic nitrogens is 2. The van der Waals surface area contributed by atoms with Crippen LogP contribution in [-0.4, -0.2) is 33.4 Å². The molecule has 2 aromatic heterocycles. The molecule has 1 amide bonds. The molecule has 2 aromatic rings. The van der Waals surface area contributed by atoms with E-state index in [0.29, 0.717) is 29.7 Å². The molecular weight excluding hydrogens is 343 g/mol. The predicted octanol–water partition coefficient (Wildman–Crippen LogP) is 2.66. The average molecular weight is 362 g/mol. The van der Waals surface area contributed by atoms with Crippen LogP contribution in [0.2, 0.25) is 0 Å². The first-order chi connectivity index (χ1) is 12.0. The standard InChI is InChI=1S/C17H19FN4O2S/c1-10-6-17(14-12(8-24-17)4-3-5-19-14)9-22(10)7-13-15(18)21-16(25-13)20-11(2)23/h3-5,10H,6-9H2,1-2H3,(H,20,21,23)/t10-,17?/m0/s1. The van der Waals surface area contributed by atoms with Crippen LogP contribution in [0.4, 0.5) is 9.52 Å². The molecule has 0 aromatic carbocycles. The van der Waals surface area contributed by atoms with Crippen molar-refractivity contribution in [3.8, 4) is 0 Å². The Morgan fingerprint density at radius 3 is 3.24 bits per heavy atom. The first-order valence-corrected chi connectivity index (χ1v) is 9.04. The number of amides is 1. The summed E-state index contributed by atoms with van der Waals surface area (Å²) in [4.78, 5) is 22.2. The largest absolute Gasteiger partial charge is 0.363 e. The smallest absolute Gasteiger partial charge is 0.230 e. The number of halogens is 1. The van der Waals surface area contributed by atoms with Gasteiger partial charge in [0.05, 0.1) is 17.2 Å². The van der Waals surface area contributed by atoms with Gasteiger partial charge in [-0.3, -0.25) is 14.7 Å². The summed E-state index contributed by atoms with van der Waals surface area (Å²) in [7, 11) is 0. The van der Waals surface area contributed by atoms with Gasteiger partial charge in [0.15, 0.2) is 5.13 Å². The molecule has 1 unspecified atom stereocenters. The Labute approximate surface area is 149 Å². The number of ether oxygens (including phenoxy) is 1. The highest BCUT2D eigenvalue weighted by Gasteiger charge is 2.49. The summed E-state index contributed by atoms with van der Waals surface area (Å²) in [6.45, 7) is 5.19. The highest BCUT2D eigenvalue weighted by atomic mass is 32.1. The summed E-state index contributed by atoms with van der Waals surface area (Å²) in [5, 5.41) is 2.84. The number of hydrogen-bond donors (Lipinski definition) is 1. The van der Waals surface area contributed by atoms with Gasteiger partial charge in [-0.2, -0.15) is 9.37 Å². The van der Waals surface area contributed by atoms with E-state index < -0.39 is 11.5 Å². The normalized spacial score (nSPS) is 25.5. The van der Waals surface area contributed by atoms with Crippen LogP contribution in [0, 0.1) is 5.95 Å². The number of thiazole rings is 1. The molecule has 8 heteroatoms. The number of pyridine rings is 1. The van der Waals surface area contributed by atoms with Crippen LogP contribution in [0.25, 0.3) is 0 Å². The molecule has 132 valence electrons. The summed E-state index contributed by atoms with van der Waals surface area (Å²) in [5.41, 5.74) is 1.74. The number of rotatable bonds is 3. The lowest BCUT2D eigenvalue weighted by atomic mass is 9.95. The molecule has 25 heavy (non-hydrogen) atoms. The lowest BCUT2D eigenvalue weighted by molar-refractivity contribution is -0.114. The summed E-state index contributed by atoms with van der Waals surface area (Å²) < 4.78 is 20.3. The molecule has 1 N–H and O–H groups in total. The molecule has 0 saturated carbocycles.